The maximum atomic E-state index is 13.4. The van der Waals surface area contributed by atoms with Gasteiger partial charge in [-0.15, -0.1) is 0 Å². The number of rotatable bonds is 7. The molecule has 0 amide bonds. The van der Waals surface area contributed by atoms with E-state index in [9.17, 15) is 21.6 Å². The zero-order chi connectivity index (χ0) is 25.4. The average molecular weight is 512 g/mol. The van der Waals surface area contributed by atoms with Crippen LogP contribution in [0.25, 0.3) is 10.9 Å². The molecular weight excluding hydrogens is 486 g/mol. The second-order valence-electron chi connectivity index (χ2n) is 8.42. The molecule has 1 unspecified atom stereocenters. The van der Waals surface area contributed by atoms with Crippen LogP contribution in [0.2, 0.25) is 0 Å². The lowest BCUT2D eigenvalue weighted by molar-refractivity contribution is -0.145. The van der Waals surface area contributed by atoms with Crippen molar-refractivity contribution in [1.29, 1.82) is 0 Å². The fourth-order valence-electron chi connectivity index (χ4n) is 3.80. The summed E-state index contributed by atoms with van der Waals surface area (Å²) in [4.78, 5) is 12.7. The SMILES string of the molecule is Cc1ccc(S(=O)(=O)CC(=O)OC(C)c2cn(S(=O)(=O)c3ccc(C)cc3)c3ccccc23)cc1. The van der Waals surface area contributed by atoms with Crippen molar-refractivity contribution in [2.24, 2.45) is 0 Å². The number of para-hydroxylation sites is 1. The Hall–Kier alpha value is -3.43. The Labute approximate surface area is 204 Å². The number of aromatic nitrogens is 1. The van der Waals surface area contributed by atoms with E-state index in [0.717, 1.165) is 15.1 Å². The molecule has 0 saturated carbocycles. The van der Waals surface area contributed by atoms with Crippen LogP contribution in [0.3, 0.4) is 0 Å². The molecule has 0 N–H and O–H groups in total. The molecule has 4 rings (SSSR count). The van der Waals surface area contributed by atoms with Crippen LogP contribution >= 0.6 is 0 Å². The first-order valence-corrected chi connectivity index (χ1v) is 14.0. The van der Waals surface area contributed by atoms with Crippen LogP contribution in [0.15, 0.2) is 88.8 Å². The number of hydrogen-bond donors (Lipinski definition) is 0. The number of aryl methyl sites for hydroxylation is 2. The highest BCUT2D eigenvalue weighted by atomic mass is 32.2. The minimum absolute atomic E-state index is 0.0356. The Morgan fingerprint density at radius 1 is 0.829 bits per heavy atom. The van der Waals surface area contributed by atoms with Gasteiger partial charge < -0.3 is 4.74 Å². The maximum absolute atomic E-state index is 13.4. The van der Waals surface area contributed by atoms with Crippen LogP contribution in [-0.4, -0.2) is 32.5 Å². The van der Waals surface area contributed by atoms with E-state index in [1.807, 2.05) is 13.8 Å². The maximum Gasteiger partial charge on any atom is 0.322 e. The second kappa shape index (κ2) is 9.31. The molecule has 1 atom stereocenters. The van der Waals surface area contributed by atoms with Gasteiger partial charge in [0.25, 0.3) is 10.0 Å². The van der Waals surface area contributed by atoms with E-state index < -0.39 is 37.7 Å². The normalized spacial score (nSPS) is 13.0. The van der Waals surface area contributed by atoms with Gasteiger partial charge >= 0.3 is 5.97 Å². The Morgan fingerprint density at radius 3 is 1.97 bits per heavy atom. The summed E-state index contributed by atoms with van der Waals surface area (Å²) in [6.07, 6.45) is 0.543. The highest BCUT2D eigenvalue weighted by Gasteiger charge is 2.26. The lowest BCUT2D eigenvalue weighted by Crippen LogP contribution is -2.20. The quantitative estimate of drug-likeness (QED) is 0.337. The molecule has 182 valence electrons. The van der Waals surface area contributed by atoms with Crippen LogP contribution in [0.1, 0.15) is 29.7 Å². The van der Waals surface area contributed by atoms with Crippen molar-refractivity contribution in [3.63, 3.8) is 0 Å². The minimum Gasteiger partial charge on any atom is -0.457 e. The number of ether oxygens (including phenoxy) is 1. The molecular formula is C26H25NO6S2. The second-order valence-corrected chi connectivity index (χ2v) is 12.2. The van der Waals surface area contributed by atoms with Crippen LogP contribution in [-0.2, 0) is 29.4 Å². The number of benzene rings is 3. The van der Waals surface area contributed by atoms with Gasteiger partial charge in [0.1, 0.15) is 6.10 Å². The van der Waals surface area contributed by atoms with Gasteiger partial charge in [0.05, 0.1) is 15.3 Å². The first kappa shape index (κ1) is 24.7. The highest BCUT2D eigenvalue weighted by molar-refractivity contribution is 7.92. The molecule has 4 aromatic rings. The molecule has 0 aliphatic carbocycles. The fourth-order valence-corrected chi connectivity index (χ4v) is 6.27. The van der Waals surface area contributed by atoms with Gasteiger partial charge in [-0.2, -0.15) is 0 Å². The van der Waals surface area contributed by atoms with E-state index in [-0.39, 0.29) is 9.79 Å². The number of esters is 1. The molecule has 7 nitrogen and oxygen atoms in total. The van der Waals surface area contributed by atoms with Crippen molar-refractivity contribution in [1.82, 2.24) is 3.97 Å². The van der Waals surface area contributed by atoms with E-state index in [0.29, 0.717) is 16.5 Å². The predicted octanol–water partition coefficient (Wildman–Crippen LogP) is 4.57. The fraction of sp³-hybridized carbons (Fsp3) is 0.192. The van der Waals surface area contributed by atoms with Gasteiger partial charge in [0.15, 0.2) is 15.6 Å². The predicted molar refractivity (Wildman–Crippen MR) is 133 cm³/mol. The molecule has 0 radical (unpaired) electrons. The van der Waals surface area contributed by atoms with Crippen molar-refractivity contribution >= 4 is 36.7 Å². The van der Waals surface area contributed by atoms with Crippen molar-refractivity contribution < 1.29 is 26.4 Å². The molecule has 0 spiro atoms. The van der Waals surface area contributed by atoms with Crippen LogP contribution in [0.5, 0.6) is 0 Å². The summed E-state index contributed by atoms with van der Waals surface area (Å²) in [7, 11) is -7.79. The molecule has 1 heterocycles. The monoisotopic (exact) mass is 511 g/mol. The van der Waals surface area contributed by atoms with Crippen LogP contribution in [0, 0.1) is 13.8 Å². The van der Waals surface area contributed by atoms with E-state index in [1.165, 1.54) is 18.3 Å². The molecule has 9 heteroatoms. The van der Waals surface area contributed by atoms with Gasteiger partial charge in [0.2, 0.25) is 0 Å². The van der Waals surface area contributed by atoms with E-state index in [2.05, 4.69) is 0 Å². The number of sulfone groups is 1. The first-order valence-electron chi connectivity index (χ1n) is 10.9. The summed E-state index contributed by atoms with van der Waals surface area (Å²) < 4.78 is 58.6. The topological polar surface area (TPSA) is 99.5 Å². The molecule has 3 aromatic carbocycles. The number of carbonyl (C=O) groups excluding carboxylic acids is 1. The Morgan fingerprint density at radius 2 is 1.37 bits per heavy atom. The Balaban J connectivity index is 1.63. The van der Waals surface area contributed by atoms with Gasteiger partial charge in [-0.05, 0) is 51.1 Å². The molecule has 0 bridgehead atoms. The van der Waals surface area contributed by atoms with E-state index >= 15 is 0 Å². The van der Waals surface area contributed by atoms with Gasteiger partial charge in [-0.3, -0.25) is 4.79 Å². The minimum atomic E-state index is -3.91. The summed E-state index contributed by atoms with van der Waals surface area (Å²) in [6.45, 7) is 5.29. The van der Waals surface area contributed by atoms with Gasteiger partial charge in [0, 0.05) is 17.1 Å². The molecule has 0 fully saturated rings. The summed E-state index contributed by atoms with van der Waals surface area (Å²) in [5.41, 5.74) is 2.72. The molecule has 1 aromatic heterocycles. The number of hydrogen-bond acceptors (Lipinski definition) is 6. The van der Waals surface area contributed by atoms with Crippen molar-refractivity contribution in [2.75, 3.05) is 5.75 Å². The zero-order valence-corrected chi connectivity index (χ0v) is 21.1. The van der Waals surface area contributed by atoms with Gasteiger partial charge in [-0.1, -0.05) is 53.6 Å². The largest absolute Gasteiger partial charge is 0.457 e. The third-order valence-corrected chi connectivity index (χ3v) is 9.01. The third kappa shape index (κ3) is 5.01. The van der Waals surface area contributed by atoms with Crippen molar-refractivity contribution in [2.45, 2.75) is 36.7 Å². The Kier molecular flexibility index (Phi) is 6.57. The number of nitrogens with zero attached hydrogens (tertiary/aromatic N) is 1. The summed E-state index contributed by atoms with van der Waals surface area (Å²) in [5.74, 6) is -1.74. The van der Waals surface area contributed by atoms with Crippen molar-refractivity contribution in [3.05, 3.63) is 95.7 Å². The zero-order valence-electron chi connectivity index (χ0n) is 19.5. The first-order chi connectivity index (χ1) is 16.5. The summed E-state index contributed by atoms with van der Waals surface area (Å²) >= 11 is 0. The van der Waals surface area contributed by atoms with Crippen molar-refractivity contribution in [3.8, 4) is 0 Å². The molecule has 35 heavy (non-hydrogen) atoms. The number of carbonyl (C=O) groups is 1. The molecule has 0 saturated heterocycles. The van der Waals surface area contributed by atoms with Crippen LogP contribution in [0.4, 0.5) is 0 Å². The molecule has 0 aliphatic heterocycles. The molecule has 0 aliphatic rings. The Bertz CT molecular complexity index is 1600. The summed E-state index contributed by atoms with van der Waals surface area (Å²) in [6, 6.07) is 19.6. The van der Waals surface area contributed by atoms with E-state index in [1.54, 1.807) is 67.6 Å². The smallest absolute Gasteiger partial charge is 0.322 e. The lowest BCUT2D eigenvalue weighted by Gasteiger charge is -2.13. The highest BCUT2D eigenvalue weighted by Crippen LogP contribution is 2.31. The van der Waals surface area contributed by atoms with Crippen LogP contribution < -0.4 is 0 Å². The average Bonchev–Trinajstić information content (AvgIpc) is 3.20. The van der Waals surface area contributed by atoms with E-state index in [4.69, 9.17) is 4.74 Å². The number of fused-ring (bicyclic) bond motifs is 1. The third-order valence-electron chi connectivity index (χ3n) is 5.72. The standard InChI is InChI=1S/C26H25NO6S2/c1-18-8-12-21(13-9-18)34(29,30)17-26(28)33-20(3)24-16-27(25-7-5-4-6-23(24)25)35(31,32)22-14-10-19(2)11-15-22/h4-16,20H,17H2,1-3H3. The van der Waals surface area contributed by atoms with Gasteiger partial charge in [-0.25, -0.2) is 20.8 Å². The lowest BCUT2D eigenvalue weighted by atomic mass is 10.1. The summed E-state index contributed by atoms with van der Waals surface area (Å²) in [5, 5.41) is 0.588.